The monoisotopic (exact) mass is 833 g/mol. The number of hydrogen-bond acceptors (Lipinski definition) is 18. The Labute approximate surface area is 300 Å². The van der Waals surface area contributed by atoms with Crippen molar-refractivity contribution >= 4 is 46.9 Å². The molecule has 23 nitrogen and oxygen atoms in total. The molecule has 27 heteroatoms. The van der Waals surface area contributed by atoms with Gasteiger partial charge in [0.15, 0.2) is 17.7 Å². The fourth-order valence-electron chi connectivity index (χ4n) is 5.51. The lowest BCUT2D eigenvalue weighted by Gasteiger charge is -2.22. The lowest BCUT2D eigenvalue weighted by atomic mass is 10.1. The third-order valence-corrected chi connectivity index (χ3v) is 19.0. The molecule has 5 rings (SSSR count). The molecule has 3 aromatic rings. The second-order valence-corrected chi connectivity index (χ2v) is 22.0. The highest BCUT2D eigenvalue weighted by Gasteiger charge is 2.48. The second kappa shape index (κ2) is 16.4. The maximum atomic E-state index is 12.8. The fraction of sp³-hybridized carbons (Fsp3) is 0.577. The fourth-order valence-corrected chi connectivity index (χ4v) is 16.5. The van der Waals surface area contributed by atoms with E-state index in [2.05, 4.69) is 20.3 Å². The molecule has 4 heterocycles. The van der Waals surface area contributed by atoms with Gasteiger partial charge in [0.2, 0.25) is 21.0 Å². The normalized spacial score (nSPS) is 30.6. The smallest absolute Gasteiger partial charge is 0.337 e. The molecule has 296 valence electrons. The summed E-state index contributed by atoms with van der Waals surface area (Å²) in [5.74, 6) is -3.62. The van der Waals surface area contributed by atoms with Gasteiger partial charge in [0.25, 0.3) is 0 Å². The van der Waals surface area contributed by atoms with Crippen LogP contribution in [0.25, 0.3) is 11.2 Å². The van der Waals surface area contributed by atoms with E-state index in [0.717, 1.165) is 0 Å². The van der Waals surface area contributed by atoms with Crippen LogP contribution in [0.5, 0.6) is 11.5 Å². The van der Waals surface area contributed by atoms with Gasteiger partial charge in [0, 0.05) is 7.05 Å². The summed E-state index contributed by atoms with van der Waals surface area (Å²) in [5.41, 5.74) is 0.532. The van der Waals surface area contributed by atoms with E-state index in [1.165, 1.54) is 36.5 Å². The van der Waals surface area contributed by atoms with Crippen molar-refractivity contribution in [1.82, 2.24) is 19.5 Å². The molecule has 2 saturated heterocycles. The average molecular weight is 834 g/mol. The number of anilines is 1. The number of nitrogens with one attached hydrogen (secondary N) is 1. The molecule has 4 unspecified atom stereocenters. The Morgan fingerprint density at radius 1 is 0.755 bits per heavy atom. The van der Waals surface area contributed by atoms with Crippen molar-refractivity contribution in [3.8, 4) is 11.5 Å². The number of imidazole rings is 1. The van der Waals surface area contributed by atoms with Crippen LogP contribution in [0.4, 0.5) is 5.82 Å². The van der Waals surface area contributed by atoms with Gasteiger partial charge in [-0.2, -0.15) is 0 Å². The standard InChI is InChI=1S/C26H39N5O18P4/c1-27-23-18-24(29-9-28-23)31(10-30-18)25-21(34)19(32)16(48-25)7-45-52(40,41)12-50(36,37)11-51(38,39)13-53(42,43)46-8-17-20(33)22(35)26(49-17)47-15-5-3-14(44-2)4-6-15/h3-6,9-10,16-17,19-22,25-26,32-35H,7-8,11-13H2,1-2H3,(H,36,37)(H,38,39)(H,40,41)(H,42,43)(H,27,28,29)/t16-,17-,19-,20-,21-,22-,25-,26-/m1/s1. The Morgan fingerprint density at radius 2 is 1.30 bits per heavy atom. The Hall–Kier alpha value is -2.39. The van der Waals surface area contributed by atoms with Gasteiger partial charge in [0.1, 0.15) is 77.7 Å². The number of methoxy groups -OCH3 is 1. The van der Waals surface area contributed by atoms with E-state index in [9.17, 15) is 58.3 Å². The number of fused-ring (bicyclic) bond motifs is 1. The van der Waals surface area contributed by atoms with Crippen LogP contribution in [-0.4, -0.2) is 148 Å². The first kappa shape index (κ1) is 41.8. The summed E-state index contributed by atoms with van der Waals surface area (Å²) in [7, 11) is -17.2. The number of aromatic nitrogens is 4. The Balaban J connectivity index is 1.11. The van der Waals surface area contributed by atoms with Gasteiger partial charge in [-0.15, -0.1) is 0 Å². The molecule has 2 aliphatic heterocycles. The van der Waals surface area contributed by atoms with Crippen molar-refractivity contribution in [1.29, 1.82) is 0 Å². The van der Waals surface area contributed by atoms with Crippen molar-refractivity contribution in [2.24, 2.45) is 0 Å². The van der Waals surface area contributed by atoms with Crippen LogP contribution < -0.4 is 14.8 Å². The Kier molecular flexibility index (Phi) is 12.9. The summed E-state index contributed by atoms with van der Waals surface area (Å²) in [6, 6.07) is 6.09. The van der Waals surface area contributed by atoms with Crippen LogP contribution in [0.15, 0.2) is 36.9 Å². The zero-order chi connectivity index (χ0) is 38.9. The molecule has 0 radical (unpaired) electrons. The molecule has 1 aromatic carbocycles. The van der Waals surface area contributed by atoms with Crippen LogP contribution >= 0.6 is 29.9 Å². The molecule has 0 bridgehead atoms. The summed E-state index contributed by atoms with van der Waals surface area (Å²) in [6.45, 7) is -1.75. The molecule has 2 aromatic heterocycles. The van der Waals surface area contributed by atoms with Gasteiger partial charge < -0.3 is 73.3 Å². The summed E-state index contributed by atoms with van der Waals surface area (Å²) < 4.78 is 83.7. The highest BCUT2D eigenvalue weighted by atomic mass is 31.3. The number of aliphatic hydroxyl groups excluding tert-OH is 4. The van der Waals surface area contributed by atoms with Gasteiger partial charge in [-0.1, -0.05) is 0 Å². The van der Waals surface area contributed by atoms with Crippen LogP contribution in [0.3, 0.4) is 0 Å². The number of hydrogen-bond donors (Lipinski definition) is 9. The lowest BCUT2D eigenvalue weighted by Crippen LogP contribution is -2.35. The number of aliphatic hydroxyl groups is 4. The molecule has 0 spiro atoms. The van der Waals surface area contributed by atoms with E-state index in [4.69, 9.17) is 28.0 Å². The van der Waals surface area contributed by atoms with Crippen molar-refractivity contribution in [3.05, 3.63) is 36.9 Å². The highest BCUT2D eigenvalue weighted by molar-refractivity contribution is 7.84. The molecule has 2 fully saturated rings. The van der Waals surface area contributed by atoms with Crippen molar-refractivity contribution in [2.75, 3.05) is 50.4 Å². The van der Waals surface area contributed by atoms with Crippen LogP contribution in [0.1, 0.15) is 6.23 Å². The number of benzene rings is 1. The summed E-state index contributed by atoms with van der Waals surface area (Å²) >= 11 is 0. The Bertz CT molecular complexity index is 1940. The van der Waals surface area contributed by atoms with E-state index < -0.39 is 110 Å². The van der Waals surface area contributed by atoms with Gasteiger partial charge in [0.05, 0.1) is 26.7 Å². The maximum Gasteiger partial charge on any atom is 0.337 e. The molecule has 0 aliphatic carbocycles. The molecule has 0 amide bonds. The van der Waals surface area contributed by atoms with E-state index in [1.54, 1.807) is 19.2 Å². The van der Waals surface area contributed by atoms with E-state index >= 15 is 0 Å². The zero-order valence-corrected chi connectivity index (χ0v) is 31.4. The topological polar surface area (TPSA) is 341 Å². The van der Waals surface area contributed by atoms with Crippen molar-refractivity contribution < 1.29 is 86.3 Å². The molecule has 0 saturated carbocycles. The minimum Gasteiger partial charge on any atom is -0.497 e. The van der Waals surface area contributed by atoms with Crippen LogP contribution in [-0.2, 0) is 36.8 Å². The quantitative estimate of drug-likeness (QED) is 0.0798. The molecular weight excluding hydrogens is 794 g/mol. The van der Waals surface area contributed by atoms with Gasteiger partial charge >= 0.3 is 15.2 Å². The van der Waals surface area contributed by atoms with E-state index in [-0.39, 0.29) is 11.4 Å². The Morgan fingerprint density at radius 3 is 1.87 bits per heavy atom. The van der Waals surface area contributed by atoms with E-state index in [1.807, 2.05) is 0 Å². The third kappa shape index (κ3) is 10.3. The maximum absolute atomic E-state index is 12.8. The number of rotatable bonds is 17. The minimum atomic E-state index is -5.07. The van der Waals surface area contributed by atoms with Crippen molar-refractivity contribution in [3.63, 3.8) is 0 Å². The summed E-state index contributed by atoms with van der Waals surface area (Å²) in [4.78, 5) is 53.6. The van der Waals surface area contributed by atoms with E-state index in [0.29, 0.717) is 17.1 Å². The third-order valence-electron chi connectivity index (χ3n) is 7.96. The van der Waals surface area contributed by atoms with Gasteiger partial charge in [-0.05, 0) is 24.3 Å². The van der Waals surface area contributed by atoms with Gasteiger partial charge in [-0.3, -0.25) is 22.8 Å². The highest BCUT2D eigenvalue weighted by Crippen LogP contribution is 2.68. The lowest BCUT2D eigenvalue weighted by molar-refractivity contribution is -0.115. The van der Waals surface area contributed by atoms with Crippen molar-refractivity contribution in [2.45, 2.75) is 49.1 Å². The number of nitrogens with zero attached hydrogens (tertiary/aromatic N) is 4. The minimum absolute atomic E-state index is 0.217. The predicted molar refractivity (Wildman–Crippen MR) is 181 cm³/mol. The zero-order valence-electron chi connectivity index (χ0n) is 27.9. The SMILES string of the molecule is CNc1ncnc2c1ncn2[C@@H]1O[C@H](COP(=O)(O)CP(=O)(O)CP(=O)(O)CP(=O)(O)OC[C@H]2O[C@@H](Oc3ccc(OC)cc3)[C@H](O)[C@@H]2O)[C@@H](O)[C@H]1O. The molecule has 9 N–H and O–H groups in total. The first-order chi connectivity index (χ1) is 24.7. The second-order valence-electron chi connectivity index (χ2n) is 12.1. The first-order valence-electron chi connectivity index (χ1n) is 15.5. The predicted octanol–water partition coefficient (Wildman–Crippen LogP) is -0.161. The first-order valence-corrected chi connectivity index (χ1v) is 23.1. The van der Waals surface area contributed by atoms with Crippen LogP contribution in [0, 0.1) is 0 Å². The largest absolute Gasteiger partial charge is 0.497 e. The van der Waals surface area contributed by atoms with Gasteiger partial charge in [-0.25, -0.2) is 15.0 Å². The number of ether oxygens (including phenoxy) is 4. The average Bonchev–Trinajstić information content (AvgIpc) is 3.71. The molecule has 12 atom stereocenters. The molecule has 53 heavy (non-hydrogen) atoms. The summed E-state index contributed by atoms with van der Waals surface area (Å²) in [5, 5.41) is 44.6. The van der Waals surface area contributed by atoms with Crippen LogP contribution in [0.2, 0.25) is 0 Å². The molecular formula is C26H39N5O18P4. The molecule has 2 aliphatic rings. The summed E-state index contributed by atoms with van der Waals surface area (Å²) in [6.07, 6.45) is -9.69.